The van der Waals surface area contributed by atoms with Crippen LogP contribution in [0.25, 0.3) is 0 Å². The van der Waals surface area contributed by atoms with Gasteiger partial charge in [-0.05, 0) is 52.4 Å². The third-order valence-electron chi connectivity index (χ3n) is 4.01. The molecule has 1 saturated carbocycles. The van der Waals surface area contributed by atoms with Crippen molar-refractivity contribution in [2.45, 2.75) is 70.1 Å². The standard InChI is InChI=1S/C13H27NO3S/c1-5-11-6-8-13(15,9-7-11)10-14-18(16,17)12(2,3)4/h11,14-15H,5-10H2,1-4H3. The first-order valence-corrected chi connectivity index (χ1v) is 8.29. The molecule has 1 fully saturated rings. The number of sulfonamides is 1. The molecule has 0 unspecified atom stereocenters. The van der Waals surface area contributed by atoms with Crippen LogP contribution in [0.15, 0.2) is 0 Å². The Kier molecular flexibility index (Phi) is 4.84. The van der Waals surface area contributed by atoms with Crippen LogP contribution >= 0.6 is 0 Å². The highest BCUT2D eigenvalue weighted by atomic mass is 32.2. The summed E-state index contributed by atoms with van der Waals surface area (Å²) >= 11 is 0. The molecule has 0 bridgehead atoms. The van der Waals surface area contributed by atoms with Crippen molar-refractivity contribution in [2.75, 3.05) is 6.54 Å². The fourth-order valence-electron chi connectivity index (χ4n) is 2.25. The molecule has 0 aliphatic heterocycles. The minimum absolute atomic E-state index is 0.142. The molecule has 108 valence electrons. The van der Waals surface area contributed by atoms with Gasteiger partial charge in [0.05, 0.1) is 10.3 Å². The van der Waals surface area contributed by atoms with Crippen molar-refractivity contribution in [1.82, 2.24) is 4.72 Å². The highest BCUT2D eigenvalue weighted by molar-refractivity contribution is 7.90. The Morgan fingerprint density at radius 1 is 1.28 bits per heavy atom. The first-order valence-electron chi connectivity index (χ1n) is 6.81. The molecule has 0 amide bonds. The number of rotatable bonds is 4. The van der Waals surface area contributed by atoms with E-state index in [0.717, 1.165) is 19.3 Å². The minimum Gasteiger partial charge on any atom is -0.389 e. The van der Waals surface area contributed by atoms with E-state index >= 15 is 0 Å². The largest absolute Gasteiger partial charge is 0.389 e. The number of hydrogen-bond acceptors (Lipinski definition) is 3. The Morgan fingerprint density at radius 2 is 1.78 bits per heavy atom. The van der Waals surface area contributed by atoms with E-state index in [1.165, 1.54) is 0 Å². The van der Waals surface area contributed by atoms with E-state index in [0.29, 0.717) is 18.8 Å². The maximum atomic E-state index is 11.9. The van der Waals surface area contributed by atoms with Gasteiger partial charge >= 0.3 is 0 Å². The number of nitrogens with one attached hydrogen (secondary N) is 1. The zero-order valence-corrected chi connectivity index (χ0v) is 12.8. The molecule has 0 spiro atoms. The van der Waals surface area contributed by atoms with Crippen molar-refractivity contribution >= 4 is 10.0 Å². The molecule has 4 nitrogen and oxygen atoms in total. The van der Waals surface area contributed by atoms with Crippen molar-refractivity contribution in [2.24, 2.45) is 5.92 Å². The van der Waals surface area contributed by atoms with Crippen LogP contribution in [0, 0.1) is 5.92 Å². The van der Waals surface area contributed by atoms with Crippen molar-refractivity contribution in [1.29, 1.82) is 0 Å². The zero-order chi connectivity index (χ0) is 14.0. The molecule has 0 aromatic carbocycles. The number of hydrogen-bond donors (Lipinski definition) is 2. The van der Waals surface area contributed by atoms with Gasteiger partial charge in [-0.1, -0.05) is 13.3 Å². The quantitative estimate of drug-likeness (QED) is 0.826. The lowest BCUT2D eigenvalue weighted by molar-refractivity contribution is -0.00450. The van der Waals surface area contributed by atoms with Gasteiger partial charge < -0.3 is 5.11 Å². The molecule has 5 heteroatoms. The Bertz CT molecular complexity index is 362. The predicted molar refractivity (Wildman–Crippen MR) is 73.9 cm³/mol. The van der Waals surface area contributed by atoms with Gasteiger partial charge in [0.15, 0.2) is 0 Å². The van der Waals surface area contributed by atoms with Crippen LogP contribution in [0.2, 0.25) is 0 Å². The fourth-order valence-corrected chi connectivity index (χ4v) is 3.14. The lowest BCUT2D eigenvalue weighted by Gasteiger charge is -2.36. The highest BCUT2D eigenvalue weighted by Crippen LogP contribution is 2.33. The molecule has 0 aromatic rings. The SMILES string of the molecule is CCC1CCC(O)(CNS(=O)(=O)C(C)(C)C)CC1. The molecule has 0 saturated heterocycles. The van der Waals surface area contributed by atoms with Crippen molar-refractivity contribution in [3.05, 3.63) is 0 Å². The second-order valence-corrected chi connectivity index (χ2v) is 9.03. The molecule has 1 rings (SSSR count). The Labute approximate surface area is 111 Å². The summed E-state index contributed by atoms with van der Waals surface area (Å²) in [6.07, 6.45) is 4.51. The normalized spacial score (nSPS) is 30.4. The maximum absolute atomic E-state index is 11.9. The second kappa shape index (κ2) is 5.47. The number of aliphatic hydroxyl groups is 1. The molecule has 0 aromatic heterocycles. The van der Waals surface area contributed by atoms with Crippen LogP contribution in [0.5, 0.6) is 0 Å². The summed E-state index contributed by atoms with van der Waals surface area (Å²) in [5.41, 5.74) is -0.857. The fraction of sp³-hybridized carbons (Fsp3) is 1.00. The summed E-state index contributed by atoms with van der Waals surface area (Å²) < 4.78 is 25.6. The summed E-state index contributed by atoms with van der Waals surface area (Å²) in [6.45, 7) is 7.29. The van der Waals surface area contributed by atoms with E-state index in [-0.39, 0.29) is 6.54 Å². The third kappa shape index (κ3) is 3.93. The molecule has 2 N–H and O–H groups in total. The molecule has 0 atom stereocenters. The molecule has 0 heterocycles. The lowest BCUT2D eigenvalue weighted by Crippen LogP contribution is -2.49. The van der Waals surface area contributed by atoms with Crippen LogP contribution in [-0.4, -0.2) is 30.4 Å². The van der Waals surface area contributed by atoms with Crippen LogP contribution in [0.4, 0.5) is 0 Å². The minimum atomic E-state index is -3.36. The van der Waals surface area contributed by atoms with Crippen LogP contribution in [-0.2, 0) is 10.0 Å². The van der Waals surface area contributed by atoms with Gasteiger partial charge in [0.2, 0.25) is 10.0 Å². The van der Waals surface area contributed by atoms with Gasteiger partial charge in [0.25, 0.3) is 0 Å². The van der Waals surface area contributed by atoms with E-state index in [9.17, 15) is 13.5 Å². The van der Waals surface area contributed by atoms with E-state index in [2.05, 4.69) is 11.6 Å². The first-order chi connectivity index (χ1) is 8.10. The van der Waals surface area contributed by atoms with E-state index in [4.69, 9.17) is 0 Å². The van der Waals surface area contributed by atoms with Gasteiger partial charge in [-0.2, -0.15) is 0 Å². The summed E-state index contributed by atoms with van der Waals surface area (Å²) in [4.78, 5) is 0. The first kappa shape index (κ1) is 15.9. The van der Waals surface area contributed by atoms with Gasteiger partial charge in [-0.3, -0.25) is 0 Å². The van der Waals surface area contributed by atoms with Gasteiger partial charge in [-0.25, -0.2) is 13.1 Å². The van der Waals surface area contributed by atoms with Crippen LogP contribution < -0.4 is 4.72 Å². The summed E-state index contributed by atoms with van der Waals surface area (Å²) in [5, 5.41) is 10.4. The Hall–Kier alpha value is -0.130. The molecule has 1 aliphatic carbocycles. The third-order valence-corrected chi connectivity index (χ3v) is 6.15. The van der Waals surface area contributed by atoms with Crippen LogP contribution in [0.1, 0.15) is 59.8 Å². The van der Waals surface area contributed by atoms with Crippen molar-refractivity contribution < 1.29 is 13.5 Å². The van der Waals surface area contributed by atoms with Gasteiger partial charge in [0.1, 0.15) is 0 Å². The Morgan fingerprint density at radius 3 is 2.17 bits per heavy atom. The van der Waals surface area contributed by atoms with Crippen molar-refractivity contribution in [3.63, 3.8) is 0 Å². The topological polar surface area (TPSA) is 66.4 Å². The summed E-state index contributed by atoms with van der Waals surface area (Å²) in [7, 11) is -3.36. The molecular formula is C13H27NO3S. The van der Waals surface area contributed by atoms with E-state index in [1.807, 2.05) is 0 Å². The zero-order valence-electron chi connectivity index (χ0n) is 12.0. The second-order valence-electron chi connectivity index (χ2n) is 6.51. The average Bonchev–Trinajstić information content (AvgIpc) is 2.26. The monoisotopic (exact) mass is 277 g/mol. The van der Waals surface area contributed by atoms with Gasteiger partial charge in [0, 0.05) is 6.54 Å². The van der Waals surface area contributed by atoms with E-state index in [1.54, 1.807) is 20.8 Å². The van der Waals surface area contributed by atoms with Gasteiger partial charge in [-0.15, -0.1) is 0 Å². The highest BCUT2D eigenvalue weighted by Gasteiger charge is 2.36. The molecule has 18 heavy (non-hydrogen) atoms. The molecule has 1 aliphatic rings. The maximum Gasteiger partial charge on any atom is 0.216 e. The summed E-state index contributed by atoms with van der Waals surface area (Å²) in [5.74, 6) is 0.685. The summed E-state index contributed by atoms with van der Waals surface area (Å²) in [6, 6.07) is 0. The predicted octanol–water partition coefficient (Wildman–Crippen LogP) is 2.04. The van der Waals surface area contributed by atoms with Crippen molar-refractivity contribution in [3.8, 4) is 0 Å². The smallest absolute Gasteiger partial charge is 0.216 e. The Balaban J connectivity index is 2.54. The van der Waals surface area contributed by atoms with E-state index < -0.39 is 20.4 Å². The molecular weight excluding hydrogens is 250 g/mol. The van der Waals surface area contributed by atoms with Crippen LogP contribution in [0.3, 0.4) is 0 Å². The average molecular weight is 277 g/mol. The lowest BCUT2D eigenvalue weighted by atomic mass is 9.78. The molecule has 0 radical (unpaired) electrons.